The Balaban J connectivity index is 2.20. The van der Waals surface area contributed by atoms with E-state index in [4.69, 9.17) is 11.5 Å². The molecule has 0 unspecified atom stereocenters. The van der Waals surface area contributed by atoms with Gasteiger partial charge in [0, 0.05) is 31.0 Å². The van der Waals surface area contributed by atoms with Crippen LogP contribution in [0.15, 0.2) is 18.2 Å². The topological polar surface area (TPSA) is 55.3 Å². The van der Waals surface area contributed by atoms with Crippen molar-refractivity contribution in [2.75, 3.05) is 23.7 Å². The van der Waals surface area contributed by atoms with Gasteiger partial charge in [-0.2, -0.15) is 0 Å². The maximum atomic E-state index is 5.83. The molecule has 1 aromatic carbocycles. The lowest BCUT2D eigenvalue weighted by Gasteiger charge is -2.29. The fourth-order valence-corrected chi connectivity index (χ4v) is 2.12. The molecule has 0 spiro atoms. The van der Waals surface area contributed by atoms with Gasteiger partial charge < -0.3 is 16.4 Å². The zero-order valence-corrected chi connectivity index (χ0v) is 9.08. The van der Waals surface area contributed by atoms with Crippen molar-refractivity contribution >= 4 is 11.4 Å². The van der Waals surface area contributed by atoms with Gasteiger partial charge in [-0.3, -0.25) is 0 Å². The number of nitrogens with two attached hydrogens (primary N) is 2. The first-order valence-corrected chi connectivity index (χ1v) is 5.64. The lowest BCUT2D eigenvalue weighted by Crippen LogP contribution is -2.29. The van der Waals surface area contributed by atoms with Crippen LogP contribution >= 0.6 is 0 Å². The summed E-state index contributed by atoms with van der Waals surface area (Å²) < 4.78 is 0. The van der Waals surface area contributed by atoms with Gasteiger partial charge in [0.15, 0.2) is 0 Å². The highest BCUT2D eigenvalue weighted by Gasteiger charge is 2.11. The summed E-state index contributed by atoms with van der Waals surface area (Å²) in [6, 6.07) is 6.19. The number of hydrogen-bond acceptors (Lipinski definition) is 3. The molecule has 3 nitrogen and oxygen atoms in total. The average molecular weight is 205 g/mol. The molecule has 0 amide bonds. The van der Waals surface area contributed by atoms with E-state index in [9.17, 15) is 0 Å². The summed E-state index contributed by atoms with van der Waals surface area (Å²) >= 11 is 0. The highest BCUT2D eigenvalue weighted by molar-refractivity contribution is 5.58. The Labute approximate surface area is 91.1 Å². The molecule has 0 aromatic heterocycles. The van der Waals surface area contributed by atoms with Gasteiger partial charge in [-0.25, -0.2) is 0 Å². The van der Waals surface area contributed by atoms with Crippen LogP contribution < -0.4 is 16.4 Å². The molecule has 1 saturated heterocycles. The smallest absolute Gasteiger partial charge is 0.0370 e. The van der Waals surface area contributed by atoms with Crippen molar-refractivity contribution < 1.29 is 0 Å². The Bertz CT molecular complexity index is 330. The number of anilines is 2. The van der Waals surface area contributed by atoms with Crippen molar-refractivity contribution in [3.63, 3.8) is 0 Å². The van der Waals surface area contributed by atoms with Gasteiger partial charge in [0.1, 0.15) is 0 Å². The summed E-state index contributed by atoms with van der Waals surface area (Å²) in [5.41, 5.74) is 14.6. The van der Waals surface area contributed by atoms with Crippen LogP contribution in [0.2, 0.25) is 0 Å². The van der Waals surface area contributed by atoms with E-state index in [0.717, 1.165) is 24.3 Å². The molecule has 2 rings (SSSR count). The third-order valence-corrected chi connectivity index (χ3v) is 3.07. The molecule has 1 fully saturated rings. The van der Waals surface area contributed by atoms with Crippen LogP contribution in [0.5, 0.6) is 0 Å². The van der Waals surface area contributed by atoms with Crippen LogP contribution in [0.4, 0.5) is 11.4 Å². The molecule has 1 heterocycles. The van der Waals surface area contributed by atoms with E-state index in [1.54, 1.807) is 0 Å². The second-order valence-corrected chi connectivity index (χ2v) is 4.13. The van der Waals surface area contributed by atoms with Crippen molar-refractivity contribution in [3.05, 3.63) is 23.8 Å². The molecular formula is C12H19N3. The second kappa shape index (κ2) is 4.53. The first kappa shape index (κ1) is 10.3. The molecule has 15 heavy (non-hydrogen) atoms. The first-order chi connectivity index (χ1) is 7.31. The van der Waals surface area contributed by atoms with Crippen molar-refractivity contribution in [3.8, 4) is 0 Å². The lowest BCUT2D eigenvalue weighted by molar-refractivity contribution is 0.578. The van der Waals surface area contributed by atoms with E-state index in [0.29, 0.717) is 6.54 Å². The molecule has 0 radical (unpaired) electrons. The van der Waals surface area contributed by atoms with Crippen LogP contribution in [0.1, 0.15) is 24.8 Å². The van der Waals surface area contributed by atoms with E-state index >= 15 is 0 Å². The molecule has 1 aliphatic heterocycles. The van der Waals surface area contributed by atoms with Crippen LogP contribution in [0, 0.1) is 0 Å². The summed E-state index contributed by atoms with van der Waals surface area (Å²) in [7, 11) is 0. The van der Waals surface area contributed by atoms with Crippen LogP contribution in [-0.2, 0) is 6.54 Å². The van der Waals surface area contributed by atoms with E-state index in [1.807, 2.05) is 6.07 Å². The number of nitrogen functional groups attached to an aromatic ring is 1. The maximum Gasteiger partial charge on any atom is 0.0370 e. The fraction of sp³-hybridized carbons (Fsp3) is 0.500. The zero-order chi connectivity index (χ0) is 10.7. The zero-order valence-electron chi connectivity index (χ0n) is 9.08. The van der Waals surface area contributed by atoms with Gasteiger partial charge >= 0.3 is 0 Å². The van der Waals surface area contributed by atoms with Gasteiger partial charge in [-0.05, 0) is 43.0 Å². The molecule has 3 heteroatoms. The number of rotatable bonds is 2. The molecule has 0 atom stereocenters. The second-order valence-electron chi connectivity index (χ2n) is 4.13. The molecule has 1 aromatic rings. The van der Waals surface area contributed by atoms with E-state index in [-0.39, 0.29) is 0 Å². The summed E-state index contributed by atoms with van der Waals surface area (Å²) in [6.45, 7) is 2.84. The molecule has 82 valence electrons. The largest absolute Gasteiger partial charge is 0.398 e. The normalized spacial score (nSPS) is 16.7. The standard InChI is InChI=1S/C12H19N3/c13-9-10-8-11(4-5-12(10)14)15-6-2-1-3-7-15/h4-5,8H,1-3,6-7,9,13-14H2. The van der Waals surface area contributed by atoms with Gasteiger partial charge in [0.05, 0.1) is 0 Å². The molecule has 0 aliphatic carbocycles. The molecule has 1 aliphatic rings. The average Bonchev–Trinajstić information content (AvgIpc) is 2.31. The van der Waals surface area contributed by atoms with Crippen LogP contribution in [0.3, 0.4) is 0 Å². The maximum absolute atomic E-state index is 5.83. The Hall–Kier alpha value is -1.22. The summed E-state index contributed by atoms with van der Waals surface area (Å²) in [6.07, 6.45) is 3.94. The van der Waals surface area contributed by atoms with Crippen molar-refractivity contribution in [1.29, 1.82) is 0 Å². The Morgan fingerprint density at radius 1 is 1.13 bits per heavy atom. The van der Waals surface area contributed by atoms with Gasteiger partial charge in [0.2, 0.25) is 0 Å². The summed E-state index contributed by atoms with van der Waals surface area (Å²) in [5, 5.41) is 0. The fourth-order valence-electron chi connectivity index (χ4n) is 2.12. The lowest BCUT2D eigenvalue weighted by atomic mass is 10.1. The van der Waals surface area contributed by atoms with Gasteiger partial charge in [0.25, 0.3) is 0 Å². The number of benzene rings is 1. The predicted molar refractivity (Wildman–Crippen MR) is 64.8 cm³/mol. The minimum Gasteiger partial charge on any atom is -0.398 e. The third-order valence-electron chi connectivity index (χ3n) is 3.07. The van der Waals surface area contributed by atoms with Crippen LogP contribution in [-0.4, -0.2) is 13.1 Å². The highest BCUT2D eigenvalue weighted by atomic mass is 15.1. The minimum atomic E-state index is 0.521. The monoisotopic (exact) mass is 205 g/mol. The number of nitrogens with zero attached hydrogens (tertiary/aromatic N) is 1. The highest BCUT2D eigenvalue weighted by Crippen LogP contribution is 2.23. The van der Waals surface area contributed by atoms with E-state index < -0.39 is 0 Å². The number of hydrogen-bond donors (Lipinski definition) is 2. The molecule has 0 saturated carbocycles. The number of piperidine rings is 1. The predicted octanol–water partition coefficient (Wildman–Crippen LogP) is 1.72. The Kier molecular flexibility index (Phi) is 3.11. The Morgan fingerprint density at radius 3 is 2.53 bits per heavy atom. The van der Waals surface area contributed by atoms with Gasteiger partial charge in [-0.15, -0.1) is 0 Å². The summed E-state index contributed by atoms with van der Waals surface area (Å²) in [4.78, 5) is 2.42. The third kappa shape index (κ3) is 2.23. The Morgan fingerprint density at radius 2 is 1.87 bits per heavy atom. The van der Waals surface area contributed by atoms with Crippen molar-refractivity contribution in [1.82, 2.24) is 0 Å². The van der Waals surface area contributed by atoms with E-state index in [2.05, 4.69) is 17.0 Å². The minimum absolute atomic E-state index is 0.521. The van der Waals surface area contributed by atoms with Crippen LogP contribution in [0.25, 0.3) is 0 Å². The molecule has 0 bridgehead atoms. The van der Waals surface area contributed by atoms with E-state index in [1.165, 1.54) is 24.9 Å². The summed E-state index contributed by atoms with van der Waals surface area (Å²) in [5.74, 6) is 0. The quantitative estimate of drug-likeness (QED) is 0.723. The van der Waals surface area contributed by atoms with Gasteiger partial charge in [-0.1, -0.05) is 0 Å². The SMILES string of the molecule is NCc1cc(N2CCCCC2)ccc1N. The van der Waals surface area contributed by atoms with Crippen molar-refractivity contribution in [2.45, 2.75) is 25.8 Å². The molecular weight excluding hydrogens is 186 g/mol. The first-order valence-electron chi connectivity index (χ1n) is 5.64. The molecule has 4 N–H and O–H groups in total. The van der Waals surface area contributed by atoms with Crippen molar-refractivity contribution in [2.24, 2.45) is 5.73 Å².